The van der Waals surface area contributed by atoms with Crippen LogP contribution in [0.2, 0.25) is 0 Å². The van der Waals surface area contributed by atoms with Crippen LogP contribution in [0.3, 0.4) is 0 Å². The Labute approximate surface area is 79.6 Å². The van der Waals surface area contributed by atoms with Gasteiger partial charge in [-0.3, -0.25) is 4.79 Å². The molecule has 2 fully saturated rings. The molecule has 2 aliphatic rings. The Morgan fingerprint density at radius 2 is 1.69 bits per heavy atom. The van der Waals surface area contributed by atoms with Gasteiger partial charge in [-0.25, -0.2) is 0 Å². The van der Waals surface area contributed by atoms with Crippen molar-refractivity contribution >= 4 is 5.78 Å². The van der Waals surface area contributed by atoms with Gasteiger partial charge >= 0.3 is 0 Å². The van der Waals surface area contributed by atoms with Gasteiger partial charge in [-0.05, 0) is 32.1 Å². The molecule has 1 saturated heterocycles. The van der Waals surface area contributed by atoms with Gasteiger partial charge in [0.25, 0.3) is 0 Å². The molecule has 0 N–H and O–H groups in total. The molecular formula is C11H17NO. The molecule has 0 bridgehead atoms. The van der Waals surface area contributed by atoms with E-state index in [1.54, 1.807) is 0 Å². The molecule has 2 heteroatoms. The second kappa shape index (κ2) is 3.95. The third kappa shape index (κ3) is 2.11. The number of hydrogen-bond acceptors (Lipinski definition) is 2. The van der Waals surface area contributed by atoms with Gasteiger partial charge in [-0.15, -0.1) is 0 Å². The zero-order chi connectivity index (χ0) is 9.10. The molecule has 1 heterocycles. The molecule has 0 atom stereocenters. The Morgan fingerprint density at radius 3 is 2.38 bits per heavy atom. The van der Waals surface area contributed by atoms with Crippen LogP contribution in [0.1, 0.15) is 38.5 Å². The molecule has 1 saturated carbocycles. The summed E-state index contributed by atoms with van der Waals surface area (Å²) in [5, 5.41) is 0. The van der Waals surface area contributed by atoms with E-state index in [1.165, 1.54) is 19.3 Å². The molecule has 0 spiro atoms. The van der Waals surface area contributed by atoms with Gasteiger partial charge < -0.3 is 4.90 Å². The normalized spacial score (nSPS) is 27.2. The fourth-order valence-corrected chi connectivity index (χ4v) is 2.13. The van der Waals surface area contributed by atoms with Gasteiger partial charge in [0.1, 0.15) is 0 Å². The first-order valence-electron chi connectivity index (χ1n) is 5.34. The van der Waals surface area contributed by atoms with E-state index in [2.05, 4.69) is 11.1 Å². The van der Waals surface area contributed by atoms with E-state index in [1.807, 2.05) is 0 Å². The SMILES string of the molecule is O=C1CCCC/C1=C/N1CCCC1. The molecule has 1 aliphatic heterocycles. The molecule has 0 radical (unpaired) electrons. The fraction of sp³-hybridized carbons (Fsp3) is 0.727. The monoisotopic (exact) mass is 179 g/mol. The zero-order valence-corrected chi connectivity index (χ0v) is 8.09. The van der Waals surface area contributed by atoms with E-state index in [4.69, 9.17) is 0 Å². The predicted octanol–water partition coefficient (Wildman–Crippen LogP) is 2.11. The van der Waals surface area contributed by atoms with Crippen LogP contribution in [0.25, 0.3) is 0 Å². The summed E-state index contributed by atoms with van der Waals surface area (Å²) in [4.78, 5) is 13.8. The van der Waals surface area contributed by atoms with E-state index in [0.29, 0.717) is 5.78 Å². The van der Waals surface area contributed by atoms with E-state index in [-0.39, 0.29) is 0 Å². The molecular weight excluding hydrogens is 162 g/mol. The Bertz CT molecular complexity index is 226. The Hall–Kier alpha value is -0.790. The van der Waals surface area contributed by atoms with Gasteiger partial charge in [0, 0.05) is 31.3 Å². The van der Waals surface area contributed by atoms with Crippen LogP contribution in [0.5, 0.6) is 0 Å². The number of nitrogens with zero attached hydrogens (tertiary/aromatic N) is 1. The maximum absolute atomic E-state index is 11.5. The standard InChI is InChI=1S/C11H17NO/c13-11-6-2-1-5-10(11)9-12-7-3-4-8-12/h9H,1-8H2/b10-9-. The molecule has 0 unspecified atom stereocenters. The minimum atomic E-state index is 0.387. The van der Waals surface area contributed by atoms with Gasteiger partial charge in [-0.2, -0.15) is 0 Å². The van der Waals surface area contributed by atoms with Crippen LogP contribution in [0.15, 0.2) is 11.8 Å². The quantitative estimate of drug-likeness (QED) is 0.575. The van der Waals surface area contributed by atoms with Crippen molar-refractivity contribution in [3.63, 3.8) is 0 Å². The molecule has 2 rings (SSSR count). The van der Waals surface area contributed by atoms with Gasteiger partial charge in [0.05, 0.1) is 0 Å². The number of carbonyl (C=O) groups is 1. The first-order chi connectivity index (χ1) is 6.36. The maximum atomic E-state index is 11.5. The first kappa shape index (κ1) is 8.79. The second-order valence-electron chi connectivity index (χ2n) is 4.03. The fourth-order valence-electron chi connectivity index (χ4n) is 2.13. The van der Waals surface area contributed by atoms with Crippen molar-refractivity contribution in [3.8, 4) is 0 Å². The largest absolute Gasteiger partial charge is 0.377 e. The lowest BCUT2D eigenvalue weighted by atomic mass is 9.94. The summed E-state index contributed by atoms with van der Waals surface area (Å²) < 4.78 is 0. The molecule has 0 aromatic carbocycles. The van der Waals surface area contributed by atoms with Crippen molar-refractivity contribution in [2.75, 3.05) is 13.1 Å². The molecule has 0 aromatic rings. The summed E-state index contributed by atoms with van der Waals surface area (Å²) in [6.45, 7) is 2.30. The molecule has 13 heavy (non-hydrogen) atoms. The van der Waals surface area contributed by atoms with Gasteiger partial charge in [0.15, 0.2) is 5.78 Å². The van der Waals surface area contributed by atoms with Crippen molar-refractivity contribution in [2.45, 2.75) is 38.5 Å². The summed E-state index contributed by atoms with van der Waals surface area (Å²) in [6, 6.07) is 0. The summed E-state index contributed by atoms with van der Waals surface area (Å²) in [5.74, 6) is 0.387. The lowest BCUT2D eigenvalue weighted by Crippen LogP contribution is -2.16. The number of allylic oxidation sites excluding steroid dienone is 1. The van der Waals surface area contributed by atoms with Crippen LogP contribution >= 0.6 is 0 Å². The number of Topliss-reactive ketones (excluding diaryl/α,β-unsaturated/α-hetero) is 1. The summed E-state index contributed by atoms with van der Waals surface area (Å²) in [6.07, 6.45) is 8.78. The number of likely N-dealkylation sites (tertiary alicyclic amines) is 1. The third-order valence-electron chi connectivity index (χ3n) is 2.94. The average molecular weight is 179 g/mol. The van der Waals surface area contributed by atoms with Gasteiger partial charge in [0.2, 0.25) is 0 Å². The molecule has 72 valence electrons. The number of rotatable bonds is 1. The zero-order valence-electron chi connectivity index (χ0n) is 8.09. The van der Waals surface area contributed by atoms with Crippen LogP contribution in [0, 0.1) is 0 Å². The number of hydrogen-bond donors (Lipinski definition) is 0. The molecule has 0 amide bonds. The minimum Gasteiger partial charge on any atom is -0.377 e. The van der Waals surface area contributed by atoms with Crippen LogP contribution in [-0.4, -0.2) is 23.8 Å². The summed E-state index contributed by atoms with van der Waals surface area (Å²) >= 11 is 0. The van der Waals surface area contributed by atoms with Crippen LogP contribution in [-0.2, 0) is 4.79 Å². The highest BCUT2D eigenvalue weighted by atomic mass is 16.1. The van der Waals surface area contributed by atoms with Crippen molar-refractivity contribution in [1.82, 2.24) is 4.90 Å². The summed E-state index contributed by atoms with van der Waals surface area (Å²) in [7, 11) is 0. The average Bonchev–Trinajstić information content (AvgIpc) is 2.61. The first-order valence-corrected chi connectivity index (χ1v) is 5.34. The van der Waals surface area contributed by atoms with Crippen molar-refractivity contribution in [2.24, 2.45) is 0 Å². The lowest BCUT2D eigenvalue weighted by Gasteiger charge is -2.17. The smallest absolute Gasteiger partial charge is 0.160 e. The van der Waals surface area contributed by atoms with Crippen molar-refractivity contribution in [1.29, 1.82) is 0 Å². The highest BCUT2D eigenvalue weighted by molar-refractivity contribution is 5.95. The Balaban J connectivity index is 1.99. The van der Waals surface area contributed by atoms with E-state index in [0.717, 1.165) is 37.9 Å². The summed E-state index contributed by atoms with van der Waals surface area (Å²) in [5.41, 5.74) is 1.08. The predicted molar refractivity (Wildman–Crippen MR) is 52.4 cm³/mol. The number of carbonyl (C=O) groups excluding carboxylic acids is 1. The highest BCUT2D eigenvalue weighted by Crippen LogP contribution is 2.21. The molecule has 2 nitrogen and oxygen atoms in total. The van der Waals surface area contributed by atoms with E-state index in [9.17, 15) is 4.79 Å². The van der Waals surface area contributed by atoms with Gasteiger partial charge in [-0.1, -0.05) is 0 Å². The van der Waals surface area contributed by atoms with Crippen molar-refractivity contribution in [3.05, 3.63) is 11.8 Å². The Morgan fingerprint density at radius 1 is 1.00 bits per heavy atom. The number of ketones is 1. The molecule has 1 aliphatic carbocycles. The van der Waals surface area contributed by atoms with Crippen molar-refractivity contribution < 1.29 is 4.79 Å². The van der Waals surface area contributed by atoms with Crippen LogP contribution < -0.4 is 0 Å². The third-order valence-corrected chi connectivity index (χ3v) is 2.94. The molecule has 0 aromatic heterocycles. The maximum Gasteiger partial charge on any atom is 0.160 e. The topological polar surface area (TPSA) is 20.3 Å². The minimum absolute atomic E-state index is 0.387. The highest BCUT2D eigenvalue weighted by Gasteiger charge is 2.17. The van der Waals surface area contributed by atoms with E-state index >= 15 is 0 Å². The Kier molecular flexibility index (Phi) is 2.67. The van der Waals surface area contributed by atoms with E-state index < -0.39 is 0 Å². The lowest BCUT2D eigenvalue weighted by molar-refractivity contribution is -0.116. The second-order valence-corrected chi connectivity index (χ2v) is 4.03. The van der Waals surface area contributed by atoms with Crippen LogP contribution in [0.4, 0.5) is 0 Å².